The molecule has 2 aromatic carbocycles. The number of nitrogens with one attached hydrogen (secondary N) is 3. The molecule has 2 rings (SSSR count). The van der Waals surface area contributed by atoms with Crippen LogP contribution in [-0.2, 0) is 11.3 Å². The summed E-state index contributed by atoms with van der Waals surface area (Å²) in [6, 6.07) is 9.38. The molecule has 10 heteroatoms. The maximum Gasteiger partial charge on any atom is 0.328 e. The van der Waals surface area contributed by atoms with Crippen LogP contribution in [0.2, 0.25) is 15.1 Å². The Morgan fingerprint density at radius 3 is 2.11 bits per heavy atom. The van der Waals surface area contributed by atoms with Gasteiger partial charge in [0.15, 0.2) is 0 Å². The molecule has 4 N–H and O–H groups in total. The lowest BCUT2D eigenvalue weighted by atomic mass is 10.2. The maximum absolute atomic E-state index is 12.3. The Balaban J connectivity index is 1.90. The van der Waals surface area contributed by atoms with Crippen molar-refractivity contribution in [1.29, 1.82) is 0 Å². The fraction of sp³-hybridized carbons (Fsp3) is 0.167. The van der Waals surface area contributed by atoms with E-state index in [0.29, 0.717) is 5.02 Å². The van der Waals surface area contributed by atoms with Crippen molar-refractivity contribution >= 4 is 52.7 Å². The van der Waals surface area contributed by atoms with Crippen molar-refractivity contribution in [2.24, 2.45) is 0 Å². The van der Waals surface area contributed by atoms with Crippen LogP contribution in [-0.4, -0.2) is 35.6 Å². The SMILES string of the molecule is O=C(NCc1ccc(Cl)cc1)NC[C@H](NC(=O)c1c(Cl)cccc1Cl)C(=O)O. The van der Waals surface area contributed by atoms with Crippen LogP contribution in [0.5, 0.6) is 0 Å². The lowest BCUT2D eigenvalue weighted by molar-refractivity contribution is -0.139. The van der Waals surface area contributed by atoms with Gasteiger partial charge in [-0.15, -0.1) is 0 Å². The molecule has 0 aliphatic carbocycles. The molecular weight excluding hydrogens is 429 g/mol. The Labute approximate surface area is 176 Å². The first kappa shape index (κ1) is 21.8. The van der Waals surface area contributed by atoms with Gasteiger partial charge in [-0.05, 0) is 29.8 Å². The summed E-state index contributed by atoms with van der Waals surface area (Å²) in [5.74, 6) is -2.08. The summed E-state index contributed by atoms with van der Waals surface area (Å²) >= 11 is 17.7. The molecule has 1 atom stereocenters. The molecule has 0 aromatic heterocycles. The van der Waals surface area contributed by atoms with E-state index < -0.39 is 23.9 Å². The van der Waals surface area contributed by atoms with Gasteiger partial charge >= 0.3 is 12.0 Å². The molecule has 0 spiro atoms. The molecule has 0 radical (unpaired) electrons. The number of carboxylic acids is 1. The Morgan fingerprint density at radius 2 is 1.54 bits per heavy atom. The third-order valence-corrected chi connectivity index (χ3v) is 4.51. The summed E-state index contributed by atoms with van der Waals surface area (Å²) in [6.07, 6.45) is 0. The van der Waals surface area contributed by atoms with Crippen LogP contribution in [0.3, 0.4) is 0 Å². The van der Waals surface area contributed by atoms with Crippen molar-refractivity contribution in [2.45, 2.75) is 12.6 Å². The van der Waals surface area contributed by atoms with Gasteiger partial charge in [0.05, 0.1) is 22.2 Å². The normalized spacial score (nSPS) is 11.4. The second kappa shape index (κ2) is 10.2. The monoisotopic (exact) mass is 443 g/mol. The van der Waals surface area contributed by atoms with Gasteiger partial charge in [0.25, 0.3) is 5.91 Å². The molecule has 28 heavy (non-hydrogen) atoms. The lowest BCUT2D eigenvalue weighted by Gasteiger charge is -2.16. The minimum atomic E-state index is -1.37. The van der Waals surface area contributed by atoms with E-state index in [1.807, 2.05) is 0 Å². The zero-order valence-electron chi connectivity index (χ0n) is 14.3. The number of rotatable bonds is 7. The summed E-state index contributed by atoms with van der Waals surface area (Å²) in [5, 5.41) is 17.3. The van der Waals surface area contributed by atoms with Gasteiger partial charge in [0.1, 0.15) is 6.04 Å². The predicted molar refractivity (Wildman–Crippen MR) is 107 cm³/mol. The fourth-order valence-electron chi connectivity index (χ4n) is 2.19. The van der Waals surface area contributed by atoms with E-state index in [1.165, 1.54) is 12.1 Å². The van der Waals surface area contributed by atoms with E-state index in [4.69, 9.17) is 34.8 Å². The molecule has 0 saturated carbocycles. The summed E-state index contributed by atoms with van der Waals surface area (Å²) in [4.78, 5) is 35.6. The number of benzene rings is 2. The van der Waals surface area contributed by atoms with E-state index in [-0.39, 0.29) is 28.7 Å². The van der Waals surface area contributed by atoms with E-state index in [0.717, 1.165) is 5.56 Å². The van der Waals surface area contributed by atoms with Crippen LogP contribution in [0.1, 0.15) is 15.9 Å². The van der Waals surface area contributed by atoms with Crippen LogP contribution >= 0.6 is 34.8 Å². The largest absolute Gasteiger partial charge is 0.480 e. The molecule has 7 nitrogen and oxygen atoms in total. The van der Waals surface area contributed by atoms with Gasteiger partial charge in [-0.25, -0.2) is 9.59 Å². The van der Waals surface area contributed by atoms with E-state index in [9.17, 15) is 19.5 Å². The standard InChI is InChI=1S/C18H16Cl3N3O4/c19-11-6-4-10(5-7-11)8-22-18(28)23-9-14(17(26)27)24-16(25)15-12(20)2-1-3-13(15)21/h1-7,14H,8-9H2,(H,24,25)(H,26,27)(H2,22,23,28)/t14-/m0/s1. The van der Waals surface area contributed by atoms with E-state index in [2.05, 4.69) is 16.0 Å². The summed E-state index contributed by atoms with van der Waals surface area (Å²) in [5.41, 5.74) is 0.778. The van der Waals surface area contributed by atoms with Crippen molar-refractivity contribution in [3.8, 4) is 0 Å². The number of halogens is 3. The van der Waals surface area contributed by atoms with Crippen LogP contribution < -0.4 is 16.0 Å². The quantitative estimate of drug-likeness (QED) is 0.525. The molecule has 0 unspecified atom stereocenters. The second-order valence-corrected chi connectivity index (χ2v) is 6.90. The van der Waals surface area contributed by atoms with E-state index >= 15 is 0 Å². The van der Waals surface area contributed by atoms with Gasteiger partial charge in [-0.1, -0.05) is 53.0 Å². The minimum Gasteiger partial charge on any atom is -0.480 e. The topological polar surface area (TPSA) is 108 Å². The van der Waals surface area contributed by atoms with Crippen molar-refractivity contribution in [1.82, 2.24) is 16.0 Å². The van der Waals surface area contributed by atoms with Gasteiger partial charge < -0.3 is 21.1 Å². The van der Waals surface area contributed by atoms with Crippen LogP contribution in [0.4, 0.5) is 4.79 Å². The molecule has 0 fully saturated rings. The molecule has 148 valence electrons. The molecule has 0 saturated heterocycles. The highest BCUT2D eigenvalue weighted by molar-refractivity contribution is 6.39. The van der Waals surface area contributed by atoms with Crippen molar-refractivity contribution in [3.05, 3.63) is 68.7 Å². The number of urea groups is 1. The zero-order valence-corrected chi connectivity index (χ0v) is 16.6. The highest BCUT2D eigenvalue weighted by atomic mass is 35.5. The van der Waals surface area contributed by atoms with Crippen molar-refractivity contribution in [2.75, 3.05) is 6.54 Å². The molecule has 3 amide bonds. The molecule has 0 aliphatic heterocycles. The third kappa shape index (κ3) is 6.30. The van der Waals surface area contributed by atoms with Gasteiger partial charge in [-0.3, -0.25) is 4.79 Å². The Morgan fingerprint density at radius 1 is 0.929 bits per heavy atom. The Kier molecular flexibility index (Phi) is 7.92. The molecule has 0 bridgehead atoms. The Bertz CT molecular complexity index is 855. The van der Waals surface area contributed by atoms with Crippen LogP contribution in [0.25, 0.3) is 0 Å². The first-order valence-electron chi connectivity index (χ1n) is 8.01. The Hall–Kier alpha value is -2.48. The minimum absolute atomic E-state index is 0.0377. The van der Waals surface area contributed by atoms with Gasteiger partial charge in [0.2, 0.25) is 0 Å². The highest BCUT2D eigenvalue weighted by Crippen LogP contribution is 2.24. The predicted octanol–water partition coefficient (Wildman–Crippen LogP) is 3.33. The van der Waals surface area contributed by atoms with Crippen LogP contribution in [0, 0.1) is 0 Å². The average molecular weight is 445 g/mol. The molecule has 0 heterocycles. The van der Waals surface area contributed by atoms with Crippen LogP contribution in [0.15, 0.2) is 42.5 Å². The number of hydrogen-bond donors (Lipinski definition) is 4. The third-order valence-electron chi connectivity index (χ3n) is 3.63. The molecular formula is C18H16Cl3N3O4. The average Bonchev–Trinajstić information content (AvgIpc) is 2.64. The smallest absolute Gasteiger partial charge is 0.328 e. The van der Waals surface area contributed by atoms with Gasteiger partial charge in [0, 0.05) is 11.6 Å². The van der Waals surface area contributed by atoms with Crippen molar-refractivity contribution in [3.63, 3.8) is 0 Å². The number of amides is 3. The molecule has 2 aromatic rings. The number of aliphatic carboxylic acids is 1. The summed E-state index contributed by atoms with van der Waals surface area (Å²) in [7, 11) is 0. The number of carbonyl (C=O) groups is 3. The van der Waals surface area contributed by atoms with Crippen molar-refractivity contribution < 1.29 is 19.5 Å². The molecule has 0 aliphatic rings. The van der Waals surface area contributed by atoms with E-state index in [1.54, 1.807) is 30.3 Å². The number of carbonyl (C=O) groups excluding carboxylic acids is 2. The summed E-state index contributed by atoms with van der Waals surface area (Å²) in [6.45, 7) is -0.113. The highest BCUT2D eigenvalue weighted by Gasteiger charge is 2.23. The number of hydrogen-bond acceptors (Lipinski definition) is 3. The number of carboxylic acid groups (broad SMARTS) is 1. The fourth-order valence-corrected chi connectivity index (χ4v) is 2.88. The first-order chi connectivity index (χ1) is 13.3. The van der Waals surface area contributed by atoms with Gasteiger partial charge in [-0.2, -0.15) is 0 Å². The maximum atomic E-state index is 12.3. The lowest BCUT2D eigenvalue weighted by Crippen LogP contribution is -2.50. The zero-order chi connectivity index (χ0) is 20.7. The second-order valence-electron chi connectivity index (χ2n) is 5.65. The summed E-state index contributed by atoms with van der Waals surface area (Å²) < 4.78 is 0. The first-order valence-corrected chi connectivity index (χ1v) is 9.15.